The summed E-state index contributed by atoms with van der Waals surface area (Å²) in [4.78, 5) is 1.29. The predicted octanol–water partition coefficient (Wildman–Crippen LogP) is 6.66. The molecule has 6 nitrogen and oxygen atoms in total. The van der Waals surface area contributed by atoms with E-state index in [-0.39, 0.29) is 11.5 Å². The number of aromatic hydroxyl groups is 2. The monoisotopic (exact) mass is 452 g/mol. The molecule has 0 aliphatic heterocycles. The smallest absolute Gasteiger partial charge is 0.214 e. The molecule has 0 fully saturated rings. The lowest BCUT2D eigenvalue weighted by atomic mass is 10.1. The van der Waals surface area contributed by atoms with Crippen molar-refractivity contribution in [1.82, 2.24) is 20.2 Å². The minimum atomic E-state index is 0.149. The summed E-state index contributed by atoms with van der Waals surface area (Å²) >= 11 is 2.88. The summed E-state index contributed by atoms with van der Waals surface area (Å²) in [6, 6.07) is 3.20. The number of thioether (sulfide) groups is 1. The molecule has 168 valence electrons. The fourth-order valence-electron chi connectivity index (χ4n) is 3.25. The van der Waals surface area contributed by atoms with Gasteiger partial charge in [-0.2, -0.15) is 0 Å². The maximum absolute atomic E-state index is 10.7. The minimum Gasteiger partial charge on any atom is -0.508 e. The molecule has 0 unspecified atom stereocenters. The van der Waals surface area contributed by atoms with E-state index >= 15 is 0 Å². The Morgan fingerprint density at radius 3 is 2.13 bits per heavy atom. The number of hydrogen-bond acceptors (Lipinski definition) is 7. The number of hydrogen-bond donors (Lipinski definition) is 2. The predicted molar refractivity (Wildman–Crippen MR) is 125 cm³/mol. The highest BCUT2D eigenvalue weighted by molar-refractivity contribution is 8.00. The molecule has 0 bridgehead atoms. The van der Waals surface area contributed by atoms with Gasteiger partial charge in [-0.15, -0.1) is 16.9 Å². The number of rotatable bonds is 16. The molecule has 2 rings (SSSR count). The first-order chi connectivity index (χ1) is 14.7. The maximum atomic E-state index is 10.7. The van der Waals surface area contributed by atoms with E-state index in [0.29, 0.717) is 14.9 Å². The Bertz CT molecular complexity index is 740. The van der Waals surface area contributed by atoms with Gasteiger partial charge in [0, 0.05) is 6.54 Å². The number of unbranched alkanes of at least 4 members (excludes halogenated alkanes) is 9. The van der Waals surface area contributed by atoms with Crippen LogP contribution < -0.4 is 0 Å². The van der Waals surface area contributed by atoms with Gasteiger partial charge in [-0.25, -0.2) is 4.68 Å². The van der Waals surface area contributed by atoms with Crippen LogP contribution in [0.2, 0.25) is 0 Å². The van der Waals surface area contributed by atoms with Crippen molar-refractivity contribution in [3.05, 3.63) is 12.1 Å². The lowest BCUT2D eigenvalue weighted by molar-refractivity contribution is 0.435. The Morgan fingerprint density at radius 1 is 0.833 bits per heavy atom. The van der Waals surface area contributed by atoms with E-state index in [1.54, 1.807) is 28.6 Å². The molecule has 0 atom stereocenters. The molecular weight excluding hydrogens is 416 g/mol. The fraction of sp³-hybridized carbons (Fsp3) is 0.682. The normalized spacial score (nSPS) is 11.3. The van der Waals surface area contributed by atoms with Crippen LogP contribution in [0.25, 0.3) is 0 Å². The first kappa shape index (κ1) is 24.9. The van der Waals surface area contributed by atoms with Crippen molar-refractivity contribution in [2.45, 2.75) is 106 Å². The van der Waals surface area contributed by atoms with Crippen LogP contribution in [0.5, 0.6) is 11.5 Å². The molecular formula is C22H36N4O2S2. The van der Waals surface area contributed by atoms with Crippen LogP contribution in [-0.2, 0) is 6.54 Å². The van der Waals surface area contributed by atoms with Crippen LogP contribution in [0, 0.1) is 0 Å². The molecule has 0 radical (unpaired) electrons. The zero-order valence-corrected chi connectivity index (χ0v) is 20.0. The van der Waals surface area contributed by atoms with Crippen LogP contribution >= 0.6 is 23.5 Å². The van der Waals surface area contributed by atoms with Gasteiger partial charge in [0.1, 0.15) is 11.5 Å². The van der Waals surface area contributed by atoms with E-state index in [0.717, 1.165) is 25.1 Å². The second-order valence-corrected chi connectivity index (χ2v) is 9.75. The Hall–Kier alpha value is -1.41. The summed E-state index contributed by atoms with van der Waals surface area (Å²) in [5, 5.41) is 33.1. The number of tetrazole rings is 1. The van der Waals surface area contributed by atoms with Crippen LogP contribution in [0.15, 0.2) is 27.1 Å². The van der Waals surface area contributed by atoms with Crippen molar-refractivity contribution in [1.29, 1.82) is 0 Å². The number of benzene rings is 1. The van der Waals surface area contributed by atoms with Crippen molar-refractivity contribution < 1.29 is 10.2 Å². The Balaban J connectivity index is 1.74. The van der Waals surface area contributed by atoms with Crippen molar-refractivity contribution in [2.75, 3.05) is 5.75 Å². The third-order valence-electron chi connectivity index (χ3n) is 4.92. The molecule has 0 aliphatic carbocycles. The van der Waals surface area contributed by atoms with Crippen molar-refractivity contribution in [3.63, 3.8) is 0 Å². The van der Waals surface area contributed by atoms with E-state index in [1.165, 1.54) is 69.5 Å². The Morgan fingerprint density at radius 2 is 1.47 bits per heavy atom. The van der Waals surface area contributed by atoms with Crippen LogP contribution in [0.4, 0.5) is 0 Å². The third kappa shape index (κ3) is 8.76. The van der Waals surface area contributed by atoms with E-state index in [1.807, 2.05) is 0 Å². The van der Waals surface area contributed by atoms with Crippen molar-refractivity contribution in [2.24, 2.45) is 0 Å². The Kier molecular flexibility index (Phi) is 12.1. The van der Waals surface area contributed by atoms with Gasteiger partial charge in [-0.3, -0.25) is 0 Å². The lowest BCUT2D eigenvalue weighted by Crippen LogP contribution is -2.01. The number of nitrogens with zero attached hydrogens (tertiary/aromatic N) is 4. The summed E-state index contributed by atoms with van der Waals surface area (Å²) in [5.41, 5.74) is 0. The van der Waals surface area contributed by atoms with Gasteiger partial charge in [0.2, 0.25) is 5.16 Å². The van der Waals surface area contributed by atoms with E-state index < -0.39 is 0 Å². The molecule has 1 aromatic heterocycles. The lowest BCUT2D eigenvalue weighted by Gasteiger charge is -2.10. The van der Waals surface area contributed by atoms with Gasteiger partial charge in [0.05, 0.1) is 9.79 Å². The number of phenols is 2. The number of aryl methyl sites for hydroxylation is 1. The summed E-state index contributed by atoms with van der Waals surface area (Å²) in [6.45, 7) is 5.03. The molecule has 0 spiro atoms. The van der Waals surface area contributed by atoms with Crippen LogP contribution in [0.3, 0.4) is 0 Å². The summed E-state index contributed by atoms with van der Waals surface area (Å²) < 4.78 is 1.71. The van der Waals surface area contributed by atoms with Gasteiger partial charge in [0.15, 0.2) is 0 Å². The zero-order chi connectivity index (χ0) is 21.6. The minimum absolute atomic E-state index is 0.149. The molecule has 1 aromatic carbocycles. The van der Waals surface area contributed by atoms with Crippen molar-refractivity contribution >= 4 is 23.5 Å². The molecule has 0 saturated heterocycles. The van der Waals surface area contributed by atoms with Crippen molar-refractivity contribution in [3.8, 4) is 11.5 Å². The molecule has 0 saturated carbocycles. The van der Waals surface area contributed by atoms with E-state index in [4.69, 9.17) is 0 Å². The molecule has 1 heterocycles. The zero-order valence-electron chi connectivity index (χ0n) is 18.3. The summed E-state index contributed by atoms with van der Waals surface area (Å²) in [7, 11) is 0. The first-order valence-corrected chi connectivity index (χ1v) is 13.1. The molecule has 2 N–H and O–H groups in total. The van der Waals surface area contributed by atoms with Gasteiger partial charge in [0.25, 0.3) is 0 Å². The highest BCUT2D eigenvalue weighted by Crippen LogP contribution is 2.42. The van der Waals surface area contributed by atoms with Gasteiger partial charge < -0.3 is 10.2 Å². The highest BCUT2D eigenvalue weighted by Gasteiger charge is 2.15. The molecule has 2 aromatic rings. The third-order valence-corrected chi connectivity index (χ3v) is 7.04. The quantitative estimate of drug-likeness (QED) is 0.167. The Labute approximate surface area is 189 Å². The van der Waals surface area contributed by atoms with E-state index in [2.05, 4.69) is 29.4 Å². The topological polar surface area (TPSA) is 84.1 Å². The number of phenolic OH excluding ortho intramolecular Hbond substituents is 2. The second-order valence-electron chi connectivity index (χ2n) is 7.61. The largest absolute Gasteiger partial charge is 0.508 e. The summed E-state index contributed by atoms with van der Waals surface area (Å²) in [5.74, 6) is 1.28. The first-order valence-electron chi connectivity index (χ1n) is 11.3. The standard InChI is InChI=1S/C22H36N4O2S2/c1-3-5-6-7-8-9-10-11-12-13-15-29-19-16-18(27)17-20(21(19)28)30-22-23-24-25-26(22)14-4-2/h16-17,27-28H,3-15H2,1-2H3. The van der Waals surface area contributed by atoms with Gasteiger partial charge in [-0.05, 0) is 52.9 Å². The second kappa shape index (κ2) is 14.6. The highest BCUT2D eigenvalue weighted by atomic mass is 32.2. The number of aromatic nitrogens is 4. The van der Waals surface area contributed by atoms with Crippen LogP contribution in [-0.4, -0.2) is 36.2 Å². The summed E-state index contributed by atoms with van der Waals surface area (Å²) in [6.07, 6.45) is 14.0. The molecule has 0 amide bonds. The SMILES string of the molecule is CCCCCCCCCCCCSc1cc(O)cc(Sc2nnnn2CCC)c1O. The van der Waals surface area contributed by atoms with Gasteiger partial charge in [-0.1, -0.05) is 71.6 Å². The van der Waals surface area contributed by atoms with E-state index in [9.17, 15) is 10.2 Å². The van der Waals surface area contributed by atoms with Crippen LogP contribution in [0.1, 0.15) is 84.5 Å². The molecule has 8 heteroatoms. The average Bonchev–Trinajstić information content (AvgIpc) is 3.16. The molecule has 30 heavy (non-hydrogen) atoms. The maximum Gasteiger partial charge on any atom is 0.214 e. The fourth-order valence-corrected chi connectivity index (χ4v) is 5.23. The average molecular weight is 453 g/mol. The van der Waals surface area contributed by atoms with Gasteiger partial charge >= 0.3 is 0 Å². The molecule has 0 aliphatic rings.